The van der Waals surface area contributed by atoms with E-state index in [4.69, 9.17) is 4.74 Å². The molecule has 20 heavy (non-hydrogen) atoms. The topological polar surface area (TPSA) is 72.6 Å². The summed E-state index contributed by atoms with van der Waals surface area (Å²) < 4.78 is 5.56. The van der Waals surface area contributed by atoms with Gasteiger partial charge in [0.05, 0.1) is 16.6 Å². The van der Waals surface area contributed by atoms with Gasteiger partial charge in [0, 0.05) is 6.07 Å². The third kappa shape index (κ3) is 3.33. The Hall–Kier alpha value is -2.40. The lowest BCUT2D eigenvalue weighted by molar-refractivity contribution is -0.385. The fraction of sp³-hybridized carbons (Fsp3) is 0.200. The first-order valence-electron chi connectivity index (χ1n) is 6.21. The van der Waals surface area contributed by atoms with Crippen molar-refractivity contribution in [2.45, 2.75) is 19.6 Å². The highest BCUT2D eigenvalue weighted by atomic mass is 16.6. The molecule has 0 heterocycles. The molecular weight excluding hydrogens is 258 g/mol. The molecule has 1 atom stereocenters. The number of aliphatic hydroxyl groups excluding tert-OH is 1. The Morgan fingerprint density at radius 2 is 2.00 bits per heavy atom. The molecule has 0 aliphatic carbocycles. The van der Waals surface area contributed by atoms with Crippen LogP contribution in [0.15, 0.2) is 48.5 Å². The summed E-state index contributed by atoms with van der Waals surface area (Å²) in [4.78, 5) is 10.5. The van der Waals surface area contributed by atoms with E-state index < -0.39 is 11.0 Å². The number of rotatable bonds is 5. The van der Waals surface area contributed by atoms with Crippen molar-refractivity contribution in [2.24, 2.45) is 0 Å². The molecule has 0 radical (unpaired) electrons. The number of aliphatic hydroxyl groups is 1. The van der Waals surface area contributed by atoms with Gasteiger partial charge >= 0.3 is 0 Å². The van der Waals surface area contributed by atoms with Crippen LogP contribution in [-0.4, -0.2) is 10.0 Å². The zero-order valence-corrected chi connectivity index (χ0v) is 11.0. The van der Waals surface area contributed by atoms with Crippen LogP contribution < -0.4 is 4.74 Å². The first-order valence-corrected chi connectivity index (χ1v) is 6.21. The number of para-hydroxylation sites is 1. The molecule has 104 valence electrons. The molecule has 1 N–H and O–H groups in total. The van der Waals surface area contributed by atoms with E-state index in [2.05, 4.69) is 0 Å². The van der Waals surface area contributed by atoms with Crippen LogP contribution in [-0.2, 0) is 6.61 Å². The zero-order valence-electron chi connectivity index (χ0n) is 11.0. The summed E-state index contributed by atoms with van der Waals surface area (Å²) >= 11 is 0. The highest BCUT2D eigenvalue weighted by Crippen LogP contribution is 2.22. The third-order valence-corrected chi connectivity index (χ3v) is 2.92. The summed E-state index contributed by atoms with van der Waals surface area (Å²) in [7, 11) is 0. The number of nitro benzene ring substituents is 1. The lowest BCUT2D eigenvalue weighted by Crippen LogP contribution is -2.01. The Labute approximate surface area is 116 Å². The molecule has 0 aromatic heterocycles. The molecule has 0 saturated carbocycles. The number of ether oxygens (including phenoxy) is 1. The standard InChI is InChI=1S/C15H15NO4/c1-11(17)12-6-4-7-14(9-12)20-10-13-5-2-3-8-15(13)16(18)19/h2-9,11,17H,10H2,1H3/t11-/m0/s1. The maximum atomic E-state index is 10.9. The minimum atomic E-state index is -0.579. The molecular formula is C15H15NO4. The Bertz CT molecular complexity index is 610. The van der Waals surface area contributed by atoms with E-state index in [0.29, 0.717) is 11.3 Å². The Kier molecular flexibility index (Phi) is 4.32. The van der Waals surface area contributed by atoms with Gasteiger partial charge < -0.3 is 9.84 Å². The van der Waals surface area contributed by atoms with E-state index in [-0.39, 0.29) is 12.3 Å². The van der Waals surface area contributed by atoms with Crippen molar-refractivity contribution in [3.63, 3.8) is 0 Å². The summed E-state index contributed by atoms with van der Waals surface area (Å²) in [5, 5.41) is 20.4. The van der Waals surface area contributed by atoms with Crippen LogP contribution >= 0.6 is 0 Å². The quantitative estimate of drug-likeness (QED) is 0.670. The monoisotopic (exact) mass is 273 g/mol. The summed E-state index contributed by atoms with van der Waals surface area (Å²) in [6.07, 6.45) is -0.579. The van der Waals surface area contributed by atoms with E-state index in [1.54, 1.807) is 49.4 Å². The van der Waals surface area contributed by atoms with Crippen molar-refractivity contribution in [1.29, 1.82) is 0 Å². The fourth-order valence-electron chi connectivity index (χ4n) is 1.84. The van der Waals surface area contributed by atoms with Gasteiger partial charge in [0.1, 0.15) is 12.4 Å². The summed E-state index contributed by atoms with van der Waals surface area (Å²) in [5.41, 5.74) is 1.30. The highest BCUT2D eigenvalue weighted by molar-refractivity contribution is 5.40. The first kappa shape index (κ1) is 14.0. The molecule has 2 aromatic rings. The Balaban J connectivity index is 2.13. The minimum Gasteiger partial charge on any atom is -0.489 e. The molecule has 0 spiro atoms. The lowest BCUT2D eigenvalue weighted by Gasteiger charge is -2.09. The number of benzene rings is 2. The van der Waals surface area contributed by atoms with E-state index in [1.807, 2.05) is 0 Å². The maximum Gasteiger partial charge on any atom is 0.276 e. The maximum absolute atomic E-state index is 10.9. The van der Waals surface area contributed by atoms with Gasteiger partial charge in [-0.05, 0) is 30.7 Å². The molecule has 0 fully saturated rings. The van der Waals surface area contributed by atoms with Gasteiger partial charge in [-0.3, -0.25) is 10.1 Å². The Morgan fingerprint density at radius 3 is 2.70 bits per heavy atom. The number of nitro groups is 1. The van der Waals surface area contributed by atoms with E-state index in [0.717, 1.165) is 5.56 Å². The SMILES string of the molecule is C[C@H](O)c1cccc(OCc2ccccc2[N+](=O)[O-])c1. The molecule has 0 saturated heterocycles. The number of hydrogen-bond donors (Lipinski definition) is 1. The highest BCUT2D eigenvalue weighted by Gasteiger charge is 2.12. The molecule has 5 nitrogen and oxygen atoms in total. The van der Waals surface area contributed by atoms with E-state index in [1.165, 1.54) is 6.07 Å². The van der Waals surface area contributed by atoms with Gasteiger partial charge in [-0.25, -0.2) is 0 Å². The van der Waals surface area contributed by atoms with Gasteiger partial charge in [-0.15, -0.1) is 0 Å². The molecule has 0 amide bonds. The Morgan fingerprint density at radius 1 is 1.25 bits per heavy atom. The molecule has 2 rings (SSSR count). The van der Waals surface area contributed by atoms with Crippen molar-refractivity contribution in [3.05, 3.63) is 69.8 Å². The van der Waals surface area contributed by atoms with Crippen LogP contribution in [0.1, 0.15) is 24.2 Å². The minimum absolute atomic E-state index is 0.0409. The van der Waals surface area contributed by atoms with Crippen LogP contribution in [0, 0.1) is 10.1 Å². The fourth-order valence-corrected chi connectivity index (χ4v) is 1.84. The van der Waals surface area contributed by atoms with Crippen LogP contribution in [0.5, 0.6) is 5.75 Å². The van der Waals surface area contributed by atoms with Crippen molar-refractivity contribution in [3.8, 4) is 5.75 Å². The smallest absolute Gasteiger partial charge is 0.276 e. The largest absolute Gasteiger partial charge is 0.489 e. The molecule has 0 aliphatic rings. The normalized spacial score (nSPS) is 11.9. The second kappa shape index (κ2) is 6.16. The van der Waals surface area contributed by atoms with Crippen molar-refractivity contribution >= 4 is 5.69 Å². The van der Waals surface area contributed by atoms with Crippen molar-refractivity contribution in [2.75, 3.05) is 0 Å². The van der Waals surface area contributed by atoms with Gasteiger partial charge in [-0.2, -0.15) is 0 Å². The van der Waals surface area contributed by atoms with Gasteiger partial charge in [0.25, 0.3) is 5.69 Å². The average Bonchev–Trinajstić information content (AvgIpc) is 2.45. The van der Waals surface area contributed by atoms with Crippen LogP contribution in [0.4, 0.5) is 5.69 Å². The summed E-state index contributed by atoms with van der Waals surface area (Å²) in [5.74, 6) is 0.571. The lowest BCUT2D eigenvalue weighted by atomic mass is 10.1. The second-order valence-electron chi connectivity index (χ2n) is 4.42. The predicted molar refractivity (Wildman–Crippen MR) is 74.5 cm³/mol. The molecule has 0 unspecified atom stereocenters. The average molecular weight is 273 g/mol. The molecule has 2 aromatic carbocycles. The van der Waals surface area contributed by atoms with E-state index in [9.17, 15) is 15.2 Å². The predicted octanol–water partition coefficient (Wildman–Crippen LogP) is 3.23. The van der Waals surface area contributed by atoms with Crippen molar-refractivity contribution < 1.29 is 14.8 Å². The van der Waals surface area contributed by atoms with Gasteiger partial charge in [0.15, 0.2) is 0 Å². The van der Waals surface area contributed by atoms with Crippen LogP contribution in [0.3, 0.4) is 0 Å². The molecule has 5 heteroatoms. The zero-order chi connectivity index (χ0) is 14.5. The van der Waals surface area contributed by atoms with Gasteiger partial charge in [0.2, 0.25) is 0 Å². The molecule has 0 bridgehead atoms. The summed E-state index contributed by atoms with van der Waals surface area (Å²) in [6, 6.07) is 13.5. The second-order valence-corrected chi connectivity index (χ2v) is 4.42. The van der Waals surface area contributed by atoms with E-state index >= 15 is 0 Å². The third-order valence-electron chi connectivity index (χ3n) is 2.92. The number of nitrogens with zero attached hydrogens (tertiary/aromatic N) is 1. The summed E-state index contributed by atoms with van der Waals surface area (Å²) in [6.45, 7) is 1.78. The molecule has 0 aliphatic heterocycles. The van der Waals surface area contributed by atoms with Crippen molar-refractivity contribution in [1.82, 2.24) is 0 Å². The van der Waals surface area contributed by atoms with Crippen LogP contribution in [0.25, 0.3) is 0 Å². The van der Waals surface area contributed by atoms with Gasteiger partial charge in [-0.1, -0.05) is 24.3 Å². The first-order chi connectivity index (χ1) is 9.58. The van der Waals surface area contributed by atoms with Crippen LogP contribution in [0.2, 0.25) is 0 Å². The number of hydrogen-bond acceptors (Lipinski definition) is 4.